The maximum atomic E-state index is 10.7. The number of nitrogens with two attached hydrogens (primary N) is 1. The van der Waals surface area contributed by atoms with Gasteiger partial charge in [-0.3, -0.25) is 10.1 Å². The predicted octanol–water partition coefficient (Wildman–Crippen LogP) is 1.18. The fraction of sp³-hybridized carbons (Fsp3) is 0.500. The van der Waals surface area contributed by atoms with Crippen LogP contribution in [0, 0.1) is 10.1 Å². The molecule has 3 N–H and O–H groups in total. The molecule has 0 amide bonds. The molecule has 7 nitrogen and oxygen atoms in total. The summed E-state index contributed by atoms with van der Waals surface area (Å²) in [4.78, 5) is 17.5. The van der Waals surface area contributed by atoms with Crippen molar-refractivity contribution in [3.63, 3.8) is 0 Å². The smallest absolute Gasteiger partial charge is 0.352 e. The van der Waals surface area contributed by atoms with Crippen molar-refractivity contribution >= 4 is 17.3 Å². The lowest BCUT2D eigenvalue weighted by atomic mass is 10.2. The van der Waals surface area contributed by atoms with E-state index in [1.54, 1.807) is 0 Å². The van der Waals surface area contributed by atoms with E-state index in [1.807, 2.05) is 13.8 Å². The Morgan fingerprint density at radius 1 is 1.67 bits per heavy atom. The van der Waals surface area contributed by atoms with Crippen molar-refractivity contribution in [2.24, 2.45) is 0 Å². The molecular weight excluding hydrogens is 198 g/mol. The van der Waals surface area contributed by atoms with E-state index < -0.39 is 4.92 Å². The van der Waals surface area contributed by atoms with Crippen LogP contribution in [-0.4, -0.2) is 20.9 Å². The average molecular weight is 211 g/mol. The van der Waals surface area contributed by atoms with Crippen LogP contribution < -0.4 is 11.1 Å². The van der Waals surface area contributed by atoms with Gasteiger partial charge in [-0.25, -0.2) is 9.97 Å². The Balaban J connectivity index is 3.06. The molecule has 0 aliphatic heterocycles. The molecule has 0 unspecified atom stereocenters. The van der Waals surface area contributed by atoms with Crippen LogP contribution in [0.5, 0.6) is 0 Å². The number of nitrogens with zero attached hydrogens (tertiary/aromatic N) is 3. The molecule has 1 aromatic rings. The van der Waals surface area contributed by atoms with Crippen molar-refractivity contribution in [2.45, 2.75) is 26.3 Å². The molecule has 0 radical (unpaired) electrons. The molecule has 1 aromatic heterocycles. The predicted molar refractivity (Wildman–Crippen MR) is 56.5 cm³/mol. The molecule has 0 aliphatic rings. The topological polar surface area (TPSA) is 107 Å². The normalized spacial score (nSPS) is 12.1. The first-order chi connectivity index (χ1) is 7.06. The number of nitro groups is 1. The van der Waals surface area contributed by atoms with Crippen LogP contribution >= 0.6 is 0 Å². The van der Waals surface area contributed by atoms with Crippen LogP contribution in [0.15, 0.2) is 6.33 Å². The summed E-state index contributed by atoms with van der Waals surface area (Å²) in [5.74, 6) is 0.0441. The summed E-state index contributed by atoms with van der Waals surface area (Å²) in [6.07, 6.45) is 2.04. The Bertz CT molecular complexity index is 368. The zero-order chi connectivity index (χ0) is 11.4. The second kappa shape index (κ2) is 4.54. The number of nitrogens with one attached hydrogen (secondary N) is 1. The first-order valence-corrected chi connectivity index (χ1v) is 4.57. The van der Waals surface area contributed by atoms with Crippen molar-refractivity contribution in [3.05, 3.63) is 16.4 Å². The lowest BCUT2D eigenvalue weighted by Crippen LogP contribution is -2.16. The van der Waals surface area contributed by atoms with Crippen molar-refractivity contribution in [3.8, 4) is 0 Å². The third-order valence-electron chi connectivity index (χ3n) is 2.03. The van der Waals surface area contributed by atoms with Gasteiger partial charge in [0.15, 0.2) is 0 Å². The van der Waals surface area contributed by atoms with E-state index in [1.165, 1.54) is 6.33 Å². The number of rotatable bonds is 4. The molecule has 0 aromatic carbocycles. The maximum Gasteiger partial charge on any atom is 0.352 e. The highest BCUT2D eigenvalue weighted by Gasteiger charge is 2.21. The van der Waals surface area contributed by atoms with Crippen LogP contribution in [0.3, 0.4) is 0 Å². The summed E-state index contributed by atoms with van der Waals surface area (Å²) in [6.45, 7) is 3.87. The first-order valence-electron chi connectivity index (χ1n) is 4.57. The van der Waals surface area contributed by atoms with Gasteiger partial charge in [-0.05, 0) is 13.3 Å². The van der Waals surface area contributed by atoms with Crippen LogP contribution in [0.2, 0.25) is 0 Å². The minimum Gasteiger partial charge on any atom is -0.378 e. The van der Waals surface area contributed by atoms with Gasteiger partial charge < -0.3 is 11.1 Å². The first kappa shape index (κ1) is 11.2. The van der Waals surface area contributed by atoms with Crippen LogP contribution in [0.1, 0.15) is 20.3 Å². The van der Waals surface area contributed by atoms with Crippen LogP contribution in [0.4, 0.5) is 17.3 Å². The zero-order valence-corrected chi connectivity index (χ0v) is 8.60. The van der Waals surface area contributed by atoms with Crippen molar-refractivity contribution < 1.29 is 4.92 Å². The van der Waals surface area contributed by atoms with Gasteiger partial charge in [-0.1, -0.05) is 6.92 Å². The molecule has 1 rings (SSSR count). The minimum absolute atomic E-state index is 0.0954. The summed E-state index contributed by atoms with van der Waals surface area (Å²) in [7, 11) is 0. The molecule has 0 bridgehead atoms. The zero-order valence-electron chi connectivity index (χ0n) is 8.60. The second-order valence-corrected chi connectivity index (χ2v) is 3.17. The Morgan fingerprint density at radius 3 is 2.87 bits per heavy atom. The molecule has 0 saturated heterocycles. The lowest BCUT2D eigenvalue weighted by Gasteiger charge is -2.11. The molecule has 0 aliphatic carbocycles. The third-order valence-corrected chi connectivity index (χ3v) is 2.03. The highest BCUT2D eigenvalue weighted by Crippen LogP contribution is 2.26. The highest BCUT2D eigenvalue weighted by molar-refractivity contribution is 5.67. The number of anilines is 2. The number of hydrogen-bond donors (Lipinski definition) is 2. The molecule has 0 saturated carbocycles. The lowest BCUT2D eigenvalue weighted by molar-refractivity contribution is -0.383. The van der Waals surface area contributed by atoms with Gasteiger partial charge in [-0.15, -0.1) is 0 Å². The minimum atomic E-state index is -0.583. The Hall–Kier alpha value is -1.92. The molecular formula is C8H13N5O2. The Morgan fingerprint density at radius 2 is 2.33 bits per heavy atom. The van der Waals surface area contributed by atoms with Gasteiger partial charge in [0.1, 0.15) is 6.33 Å². The largest absolute Gasteiger partial charge is 0.378 e. The molecule has 1 heterocycles. The monoisotopic (exact) mass is 211 g/mol. The molecule has 82 valence electrons. The Labute approximate surface area is 86.9 Å². The number of aromatic nitrogens is 2. The molecule has 0 fully saturated rings. The van der Waals surface area contributed by atoms with E-state index in [-0.39, 0.29) is 23.4 Å². The van der Waals surface area contributed by atoms with E-state index in [4.69, 9.17) is 5.73 Å². The fourth-order valence-electron chi connectivity index (χ4n) is 1.01. The molecule has 0 spiro atoms. The van der Waals surface area contributed by atoms with Crippen LogP contribution in [0.25, 0.3) is 0 Å². The maximum absolute atomic E-state index is 10.7. The van der Waals surface area contributed by atoms with Gasteiger partial charge in [-0.2, -0.15) is 0 Å². The fourth-order valence-corrected chi connectivity index (χ4v) is 1.01. The van der Waals surface area contributed by atoms with Gasteiger partial charge in [0.25, 0.3) is 0 Å². The standard InChI is InChI=1S/C8H13N5O2/c1-3-5(2)12-8-6(13(14)15)7(9)10-4-11-8/h4-5H,3H2,1-2H3,(H3,9,10,11,12)/t5-/m0/s1. The van der Waals surface area contributed by atoms with Gasteiger partial charge in [0, 0.05) is 6.04 Å². The van der Waals surface area contributed by atoms with E-state index in [0.29, 0.717) is 0 Å². The van der Waals surface area contributed by atoms with E-state index in [2.05, 4.69) is 15.3 Å². The van der Waals surface area contributed by atoms with E-state index in [9.17, 15) is 10.1 Å². The Kier molecular flexibility index (Phi) is 3.37. The third kappa shape index (κ3) is 2.52. The summed E-state index contributed by atoms with van der Waals surface area (Å²) in [5.41, 5.74) is 5.14. The van der Waals surface area contributed by atoms with Crippen molar-refractivity contribution in [1.29, 1.82) is 0 Å². The summed E-state index contributed by atoms with van der Waals surface area (Å²) in [5, 5.41) is 13.6. The molecule has 15 heavy (non-hydrogen) atoms. The summed E-state index contributed by atoms with van der Waals surface area (Å²) >= 11 is 0. The summed E-state index contributed by atoms with van der Waals surface area (Å²) in [6, 6.07) is 0.0954. The van der Waals surface area contributed by atoms with Crippen molar-refractivity contribution in [1.82, 2.24) is 9.97 Å². The van der Waals surface area contributed by atoms with Crippen LogP contribution in [-0.2, 0) is 0 Å². The van der Waals surface area contributed by atoms with Gasteiger partial charge in [0.05, 0.1) is 4.92 Å². The van der Waals surface area contributed by atoms with Gasteiger partial charge in [0.2, 0.25) is 11.6 Å². The quantitative estimate of drug-likeness (QED) is 0.572. The SMILES string of the molecule is CC[C@H](C)Nc1ncnc(N)c1[N+](=O)[O-]. The number of nitrogen functional groups attached to an aromatic ring is 1. The highest BCUT2D eigenvalue weighted by atomic mass is 16.6. The summed E-state index contributed by atoms with van der Waals surface area (Å²) < 4.78 is 0. The average Bonchev–Trinajstić information content (AvgIpc) is 2.17. The van der Waals surface area contributed by atoms with E-state index >= 15 is 0 Å². The van der Waals surface area contributed by atoms with Gasteiger partial charge >= 0.3 is 5.69 Å². The molecule has 7 heteroatoms. The number of hydrogen-bond acceptors (Lipinski definition) is 6. The second-order valence-electron chi connectivity index (χ2n) is 3.17. The molecule has 1 atom stereocenters. The van der Waals surface area contributed by atoms with E-state index in [0.717, 1.165) is 6.42 Å². The van der Waals surface area contributed by atoms with Crippen molar-refractivity contribution in [2.75, 3.05) is 11.1 Å².